The van der Waals surface area contributed by atoms with Crippen molar-refractivity contribution in [2.75, 3.05) is 44.4 Å². The van der Waals surface area contributed by atoms with Gasteiger partial charge in [0.2, 0.25) is 0 Å². The zero-order valence-electron chi connectivity index (χ0n) is 12.2. The highest BCUT2D eigenvalue weighted by atomic mass is 16.6. The van der Waals surface area contributed by atoms with Crippen LogP contribution in [-0.2, 0) is 0 Å². The summed E-state index contributed by atoms with van der Waals surface area (Å²) in [7, 11) is 5.79. The first-order valence-electron chi connectivity index (χ1n) is 6.77. The average molecular weight is 279 g/mol. The van der Waals surface area contributed by atoms with Crippen LogP contribution in [0.1, 0.15) is 12.8 Å². The van der Waals surface area contributed by atoms with E-state index < -0.39 is 0 Å². The molecule has 0 bridgehead atoms. The predicted octanol–water partition coefficient (Wildman–Crippen LogP) is 1.56. The number of rotatable bonds is 4. The Morgan fingerprint density at radius 3 is 2.65 bits per heavy atom. The van der Waals surface area contributed by atoms with Gasteiger partial charge < -0.3 is 15.1 Å². The fourth-order valence-electron chi connectivity index (χ4n) is 2.49. The van der Waals surface area contributed by atoms with E-state index in [-0.39, 0.29) is 10.6 Å². The maximum atomic E-state index is 11.0. The van der Waals surface area contributed by atoms with Gasteiger partial charge in [-0.15, -0.1) is 0 Å². The Bertz CT molecular complexity index is 486. The lowest BCUT2D eigenvalue weighted by Crippen LogP contribution is -2.42. The molecule has 1 aromatic rings. The van der Waals surface area contributed by atoms with Crippen molar-refractivity contribution in [3.8, 4) is 0 Å². The quantitative estimate of drug-likeness (QED) is 0.666. The second-order valence-electron chi connectivity index (χ2n) is 5.22. The molecule has 2 rings (SSSR count). The number of aromatic nitrogens is 1. The number of likely N-dealkylation sites (tertiary alicyclic amines) is 1. The first kappa shape index (κ1) is 14.5. The molecule has 0 amide bonds. The summed E-state index contributed by atoms with van der Waals surface area (Å²) in [5, 5.41) is 13.9. The Balaban J connectivity index is 2.22. The molecular formula is C13H21N5O2. The SMILES string of the molecule is CNc1cc([N+](=O)[O-])cc(N(C)C2CCN(C)CC2)n1. The minimum atomic E-state index is -0.380. The first-order chi connectivity index (χ1) is 9.51. The van der Waals surface area contributed by atoms with Crippen LogP contribution in [0.2, 0.25) is 0 Å². The number of hydrogen-bond donors (Lipinski definition) is 1. The smallest absolute Gasteiger partial charge is 0.276 e. The average Bonchev–Trinajstić information content (AvgIpc) is 2.46. The topological polar surface area (TPSA) is 74.5 Å². The van der Waals surface area contributed by atoms with Gasteiger partial charge in [0.15, 0.2) is 0 Å². The van der Waals surface area contributed by atoms with Crippen molar-refractivity contribution >= 4 is 17.3 Å². The molecule has 1 N–H and O–H groups in total. The predicted molar refractivity (Wildman–Crippen MR) is 79.4 cm³/mol. The van der Waals surface area contributed by atoms with Crippen molar-refractivity contribution in [3.63, 3.8) is 0 Å². The minimum Gasteiger partial charge on any atom is -0.373 e. The third-order valence-corrected chi connectivity index (χ3v) is 3.86. The molecule has 0 radical (unpaired) electrons. The number of hydrogen-bond acceptors (Lipinski definition) is 6. The summed E-state index contributed by atoms with van der Waals surface area (Å²) >= 11 is 0. The van der Waals surface area contributed by atoms with Crippen LogP contribution in [0.3, 0.4) is 0 Å². The van der Waals surface area contributed by atoms with Crippen LogP contribution in [0.4, 0.5) is 17.3 Å². The molecular weight excluding hydrogens is 258 g/mol. The van der Waals surface area contributed by atoms with E-state index in [9.17, 15) is 10.1 Å². The van der Waals surface area contributed by atoms with E-state index in [1.54, 1.807) is 13.1 Å². The number of anilines is 2. The van der Waals surface area contributed by atoms with E-state index >= 15 is 0 Å². The van der Waals surface area contributed by atoms with Crippen molar-refractivity contribution in [2.45, 2.75) is 18.9 Å². The van der Waals surface area contributed by atoms with Gasteiger partial charge >= 0.3 is 0 Å². The lowest BCUT2D eigenvalue weighted by molar-refractivity contribution is -0.384. The van der Waals surface area contributed by atoms with Gasteiger partial charge in [-0.1, -0.05) is 0 Å². The molecule has 1 saturated heterocycles. The molecule has 0 atom stereocenters. The number of pyridine rings is 1. The van der Waals surface area contributed by atoms with Crippen molar-refractivity contribution in [3.05, 3.63) is 22.2 Å². The van der Waals surface area contributed by atoms with Gasteiger partial charge in [-0.2, -0.15) is 0 Å². The van der Waals surface area contributed by atoms with Gasteiger partial charge in [-0.25, -0.2) is 4.98 Å². The van der Waals surface area contributed by atoms with Gasteiger partial charge in [0.05, 0.1) is 17.1 Å². The molecule has 7 heteroatoms. The lowest BCUT2D eigenvalue weighted by atomic mass is 10.0. The lowest BCUT2D eigenvalue weighted by Gasteiger charge is -2.35. The summed E-state index contributed by atoms with van der Waals surface area (Å²) in [6.07, 6.45) is 2.10. The number of nitrogens with zero attached hydrogens (tertiary/aromatic N) is 4. The van der Waals surface area contributed by atoms with Crippen LogP contribution >= 0.6 is 0 Å². The van der Waals surface area contributed by atoms with Gasteiger partial charge in [-0.05, 0) is 33.0 Å². The molecule has 7 nitrogen and oxygen atoms in total. The van der Waals surface area contributed by atoms with E-state index in [0.717, 1.165) is 25.9 Å². The van der Waals surface area contributed by atoms with Gasteiger partial charge in [-0.3, -0.25) is 10.1 Å². The Morgan fingerprint density at radius 1 is 1.45 bits per heavy atom. The minimum absolute atomic E-state index is 0.0686. The van der Waals surface area contributed by atoms with Gasteiger partial charge in [0, 0.05) is 20.1 Å². The Labute approximate surface area is 118 Å². The molecule has 0 unspecified atom stereocenters. The fourth-order valence-corrected chi connectivity index (χ4v) is 2.49. The van der Waals surface area contributed by atoms with E-state index in [2.05, 4.69) is 27.1 Å². The van der Waals surface area contributed by atoms with Crippen LogP contribution in [0.15, 0.2) is 12.1 Å². The Hall–Kier alpha value is -1.89. The van der Waals surface area contributed by atoms with E-state index in [4.69, 9.17) is 0 Å². The second-order valence-corrected chi connectivity index (χ2v) is 5.22. The van der Waals surface area contributed by atoms with Crippen LogP contribution in [-0.4, -0.2) is 55.1 Å². The zero-order chi connectivity index (χ0) is 14.7. The van der Waals surface area contributed by atoms with Crippen molar-refractivity contribution in [1.29, 1.82) is 0 Å². The van der Waals surface area contributed by atoms with E-state index in [0.29, 0.717) is 17.7 Å². The van der Waals surface area contributed by atoms with Gasteiger partial charge in [0.25, 0.3) is 5.69 Å². The third-order valence-electron chi connectivity index (χ3n) is 3.86. The van der Waals surface area contributed by atoms with Crippen LogP contribution in [0.25, 0.3) is 0 Å². The summed E-state index contributed by atoms with van der Waals surface area (Å²) in [5.74, 6) is 1.17. The van der Waals surface area contributed by atoms with Crippen molar-refractivity contribution in [2.24, 2.45) is 0 Å². The summed E-state index contributed by atoms with van der Waals surface area (Å²) in [6, 6.07) is 3.37. The normalized spacial score (nSPS) is 16.9. The van der Waals surface area contributed by atoms with Crippen LogP contribution < -0.4 is 10.2 Å². The molecule has 1 aliphatic rings. The first-order valence-corrected chi connectivity index (χ1v) is 6.77. The standard InChI is InChI=1S/C13H21N5O2/c1-14-12-8-11(18(19)20)9-13(15-12)17(3)10-4-6-16(2)7-5-10/h8-10H,4-7H2,1-3H3,(H,14,15). The molecule has 0 aromatic carbocycles. The Morgan fingerprint density at radius 2 is 2.10 bits per heavy atom. The highest BCUT2D eigenvalue weighted by Crippen LogP contribution is 2.26. The summed E-state index contributed by atoms with van der Waals surface area (Å²) < 4.78 is 0. The molecule has 0 spiro atoms. The van der Waals surface area contributed by atoms with Crippen molar-refractivity contribution in [1.82, 2.24) is 9.88 Å². The number of nitrogens with one attached hydrogen (secondary N) is 1. The Kier molecular flexibility index (Phi) is 4.39. The molecule has 1 aromatic heterocycles. The molecule has 2 heterocycles. The van der Waals surface area contributed by atoms with Crippen molar-refractivity contribution < 1.29 is 4.92 Å². The zero-order valence-corrected chi connectivity index (χ0v) is 12.2. The maximum absolute atomic E-state index is 11.0. The molecule has 20 heavy (non-hydrogen) atoms. The number of nitro groups is 1. The monoisotopic (exact) mass is 279 g/mol. The highest BCUT2D eigenvalue weighted by Gasteiger charge is 2.23. The summed E-state index contributed by atoms with van der Waals surface area (Å²) in [6.45, 7) is 2.09. The molecule has 1 aliphatic heterocycles. The van der Waals surface area contributed by atoms with Gasteiger partial charge in [0.1, 0.15) is 11.6 Å². The highest BCUT2D eigenvalue weighted by molar-refractivity contribution is 5.55. The molecule has 110 valence electrons. The third kappa shape index (κ3) is 3.16. The molecule has 1 fully saturated rings. The molecule has 0 aliphatic carbocycles. The van der Waals surface area contributed by atoms with Crippen LogP contribution in [0, 0.1) is 10.1 Å². The van der Waals surface area contributed by atoms with Crippen LogP contribution in [0.5, 0.6) is 0 Å². The van der Waals surface area contributed by atoms with E-state index in [1.165, 1.54) is 6.07 Å². The molecule has 0 saturated carbocycles. The summed E-state index contributed by atoms with van der Waals surface area (Å²) in [5.41, 5.74) is 0.0686. The summed E-state index contributed by atoms with van der Waals surface area (Å²) in [4.78, 5) is 19.4. The number of piperidine rings is 1. The maximum Gasteiger partial charge on any atom is 0.276 e. The largest absolute Gasteiger partial charge is 0.373 e. The fraction of sp³-hybridized carbons (Fsp3) is 0.615. The second kappa shape index (κ2) is 6.04. The van der Waals surface area contributed by atoms with E-state index in [1.807, 2.05) is 7.05 Å².